The summed E-state index contributed by atoms with van der Waals surface area (Å²) in [5, 5.41) is 18.8. The van der Waals surface area contributed by atoms with Crippen molar-refractivity contribution in [3.8, 4) is 0 Å². The number of hydrogen-bond acceptors (Lipinski definition) is 4. The van der Waals surface area contributed by atoms with Crippen LogP contribution in [0.2, 0.25) is 0 Å². The number of aromatic nitrogens is 2. The Labute approximate surface area is 122 Å². The van der Waals surface area contributed by atoms with Crippen molar-refractivity contribution < 1.29 is 19.8 Å². The van der Waals surface area contributed by atoms with Gasteiger partial charge in [0.25, 0.3) is 0 Å². The van der Waals surface area contributed by atoms with Crippen LogP contribution in [0.3, 0.4) is 0 Å². The van der Waals surface area contributed by atoms with E-state index in [0.29, 0.717) is 6.54 Å². The van der Waals surface area contributed by atoms with E-state index in [1.165, 1.54) is 0 Å². The number of piperidine rings is 1. The Hall–Kier alpha value is -1.89. The summed E-state index contributed by atoms with van der Waals surface area (Å²) in [7, 11) is 1.92. The Morgan fingerprint density at radius 3 is 2.10 bits per heavy atom. The number of likely N-dealkylation sites (tertiary alicyclic amines) is 1. The maximum atomic E-state index is 11.5. The van der Waals surface area contributed by atoms with Gasteiger partial charge in [-0.25, -0.2) is 4.98 Å². The van der Waals surface area contributed by atoms with Gasteiger partial charge in [-0.15, -0.1) is 0 Å². The van der Waals surface area contributed by atoms with Crippen molar-refractivity contribution in [2.45, 2.75) is 26.8 Å². The molecule has 0 aromatic carbocycles. The third kappa shape index (κ3) is 1.67. The zero-order chi connectivity index (χ0) is 15.6. The lowest BCUT2D eigenvalue weighted by Crippen LogP contribution is -2.29. The highest BCUT2D eigenvalue weighted by molar-refractivity contribution is 5.94. The van der Waals surface area contributed by atoms with Crippen LogP contribution in [0.25, 0.3) is 0 Å². The molecule has 2 aliphatic rings. The summed E-state index contributed by atoms with van der Waals surface area (Å²) < 4.78 is 1.97. The number of aliphatic carboxylic acids is 2. The van der Waals surface area contributed by atoms with Crippen molar-refractivity contribution in [1.82, 2.24) is 14.5 Å². The molecular weight excluding hydrogens is 274 g/mol. The van der Waals surface area contributed by atoms with Gasteiger partial charge in [0.05, 0.1) is 23.1 Å². The zero-order valence-corrected chi connectivity index (χ0v) is 12.4. The van der Waals surface area contributed by atoms with Crippen LogP contribution >= 0.6 is 0 Å². The number of rotatable bonds is 4. The first-order valence-electron chi connectivity index (χ1n) is 6.91. The van der Waals surface area contributed by atoms with Gasteiger partial charge in [-0.3, -0.25) is 14.5 Å². The first-order valence-corrected chi connectivity index (χ1v) is 6.91. The molecule has 1 saturated heterocycles. The highest BCUT2D eigenvalue weighted by atomic mass is 16.4. The van der Waals surface area contributed by atoms with E-state index < -0.39 is 22.8 Å². The van der Waals surface area contributed by atoms with E-state index in [4.69, 9.17) is 0 Å². The molecule has 3 rings (SSSR count). The molecule has 1 aliphatic carbocycles. The molecule has 114 valence electrons. The summed E-state index contributed by atoms with van der Waals surface area (Å²) in [4.78, 5) is 29.3. The Balaban J connectivity index is 1.83. The van der Waals surface area contributed by atoms with E-state index in [1.54, 1.807) is 0 Å². The van der Waals surface area contributed by atoms with Crippen LogP contribution in [0.4, 0.5) is 0 Å². The van der Waals surface area contributed by atoms with Crippen LogP contribution in [-0.4, -0.2) is 49.7 Å². The fourth-order valence-corrected chi connectivity index (χ4v) is 3.64. The standard InChI is InChI=1S/C14H19N3O4/c1-8-9(2)16(3)10(15-8)4-17-6-13(11(18)19)5-14(13,7-17)12(20)21/h4-7H2,1-3H3,(H,18,19)(H,20,21)/t13-,14+. The maximum Gasteiger partial charge on any atom is 0.312 e. The summed E-state index contributed by atoms with van der Waals surface area (Å²) in [5.41, 5.74) is -0.227. The molecule has 1 aromatic rings. The number of imidazole rings is 1. The van der Waals surface area contributed by atoms with Gasteiger partial charge in [-0.2, -0.15) is 0 Å². The van der Waals surface area contributed by atoms with Crippen LogP contribution in [0.1, 0.15) is 23.6 Å². The first-order chi connectivity index (χ1) is 9.73. The molecular formula is C14H19N3O4. The number of carbonyl (C=O) groups is 2. The van der Waals surface area contributed by atoms with Crippen LogP contribution < -0.4 is 0 Å². The predicted octanol–water partition coefficient (Wildman–Crippen LogP) is 0.398. The quantitative estimate of drug-likeness (QED) is 0.834. The third-order valence-corrected chi connectivity index (χ3v) is 5.28. The molecule has 7 nitrogen and oxygen atoms in total. The van der Waals surface area contributed by atoms with Gasteiger partial charge in [0.1, 0.15) is 5.82 Å². The van der Waals surface area contributed by atoms with E-state index in [9.17, 15) is 19.8 Å². The zero-order valence-electron chi connectivity index (χ0n) is 12.4. The molecule has 2 atom stereocenters. The smallest absolute Gasteiger partial charge is 0.312 e. The van der Waals surface area contributed by atoms with Crippen molar-refractivity contribution in [3.05, 3.63) is 17.2 Å². The van der Waals surface area contributed by atoms with E-state index >= 15 is 0 Å². The van der Waals surface area contributed by atoms with Crippen LogP contribution in [0, 0.1) is 24.7 Å². The maximum absolute atomic E-state index is 11.5. The van der Waals surface area contributed by atoms with Gasteiger partial charge < -0.3 is 14.8 Å². The van der Waals surface area contributed by atoms with E-state index in [-0.39, 0.29) is 19.5 Å². The van der Waals surface area contributed by atoms with Crippen molar-refractivity contribution >= 4 is 11.9 Å². The van der Waals surface area contributed by atoms with Crippen LogP contribution in [0.5, 0.6) is 0 Å². The number of fused-ring (bicyclic) bond motifs is 1. The average molecular weight is 293 g/mol. The Morgan fingerprint density at radius 1 is 1.19 bits per heavy atom. The average Bonchev–Trinajstić information content (AvgIpc) is 2.86. The molecule has 21 heavy (non-hydrogen) atoms. The first kappa shape index (κ1) is 14.1. The normalized spacial score (nSPS) is 31.2. The second kappa shape index (κ2) is 4.07. The van der Waals surface area contributed by atoms with Crippen molar-refractivity contribution in [3.63, 3.8) is 0 Å². The molecule has 1 saturated carbocycles. The SMILES string of the molecule is Cc1nc(CN2C[C@@]3(C(=O)O)C[C@@]3(C(=O)O)C2)n(C)c1C. The lowest BCUT2D eigenvalue weighted by atomic mass is 9.97. The molecule has 1 aliphatic heterocycles. The van der Waals surface area contributed by atoms with E-state index in [1.807, 2.05) is 30.4 Å². The molecule has 2 fully saturated rings. The van der Waals surface area contributed by atoms with Crippen LogP contribution in [-0.2, 0) is 23.2 Å². The van der Waals surface area contributed by atoms with Crippen LogP contribution in [0.15, 0.2) is 0 Å². The topological polar surface area (TPSA) is 95.7 Å². The van der Waals surface area contributed by atoms with Crippen molar-refractivity contribution in [1.29, 1.82) is 0 Å². The summed E-state index contributed by atoms with van der Waals surface area (Å²) in [6.45, 7) is 4.94. The van der Waals surface area contributed by atoms with E-state index in [0.717, 1.165) is 17.2 Å². The Bertz CT molecular complexity index is 625. The molecule has 0 amide bonds. The fourth-order valence-electron chi connectivity index (χ4n) is 3.64. The molecule has 2 heterocycles. The third-order valence-electron chi connectivity index (χ3n) is 5.28. The second-order valence-electron chi connectivity index (χ2n) is 6.35. The highest BCUT2D eigenvalue weighted by Gasteiger charge is 2.80. The summed E-state index contributed by atoms with van der Waals surface area (Å²) >= 11 is 0. The van der Waals surface area contributed by atoms with Gasteiger partial charge in [-0.05, 0) is 20.3 Å². The molecule has 1 aromatic heterocycles. The summed E-state index contributed by atoms with van der Waals surface area (Å²) in [5.74, 6) is -1.16. The Morgan fingerprint density at radius 2 is 1.71 bits per heavy atom. The summed E-state index contributed by atoms with van der Waals surface area (Å²) in [6, 6.07) is 0. The molecule has 7 heteroatoms. The molecule has 0 bridgehead atoms. The minimum atomic E-state index is -1.12. The molecule has 0 radical (unpaired) electrons. The molecule has 0 unspecified atom stereocenters. The van der Waals surface area contributed by atoms with Gasteiger partial charge in [-0.1, -0.05) is 0 Å². The summed E-state index contributed by atoms with van der Waals surface area (Å²) in [6.07, 6.45) is 0.236. The van der Waals surface area contributed by atoms with Gasteiger partial charge in [0.2, 0.25) is 0 Å². The Kier molecular flexibility index (Phi) is 2.72. The second-order valence-corrected chi connectivity index (χ2v) is 6.35. The van der Waals surface area contributed by atoms with Crippen molar-refractivity contribution in [2.24, 2.45) is 17.9 Å². The minimum Gasteiger partial charge on any atom is -0.481 e. The predicted molar refractivity (Wildman–Crippen MR) is 72.7 cm³/mol. The fraction of sp³-hybridized carbons (Fsp3) is 0.643. The number of aryl methyl sites for hydroxylation is 1. The lowest BCUT2D eigenvalue weighted by molar-refractivity contribution is -0.151. The van der Waals surface area contributed by atoms with E-state index in [2.05, 4.69) is 4.98 Å². The van der Waals surface area contributed by atoms with Gasteiger partial charge in [0, 0.05) is 25.8 Å². The lowest BCUT2D eigenvalue weighted by Gasteiger charge is -2.19. The van der Waals surface area contributed by atoms with Gasteiger partial charge >= 0.3 is 11.9 Å². The van der Waals surface area contributed by atoms with Gasteiger partial charge in [0.15, 0.2) is 0 Å². The highest BCUT2D eigenvalue weighted by Crippen LogP contribution is 2.68. The number of hydrogen-bond donors (Lipinski definition) is 2. The molecule has 2 N–H and O–H groups in total. The molecule has 0 spiro atoms. The number of carboxylic acids is 2. The number of nitrogens with zero attached hydrogens (tertiary/aromatic N) is 3. The minimum absolute atomic E-state index is 0.236. The largest absolute Gasteiger partial charge is 0.481 e. The number of carboxylic acid groups (broad SMARTS) is 2. The van der Waals surface area contributed by atoms with Crippen molar-refractivity contribution in [2.75, 3.05) is 13.1 Å². The monoisotopic (exact) mass is 293 g/mol.